The fourth-order valence-corrected chi connectivity index (χ4v) is 4.70. The lowest BCUT2D eigenvalue weighted by molar-refractivity contribution is 0.0696. The summed E-state index contributed by atoms with van der Waals surface area (Å²) in [5.41, 5.74) is 4.24. The zero-order valence-corrected chi connectivity index (χ0v) is 16.9. The van der Waals surface area contributed by atoms with Crippen molar-refractivity contribution in [1.82, 2.24) is 10.2 Å². The summed E-state index contributed by atoms with van der Waals surface area (Å²) in [5, 5.41) is 12.5. The fourth-order valence-electron chi connectivity index (χ4n) is 4.70. The van der Waals surface area contributed by atoms with E-state index >= 15 is 0 Å². The highest BCUT2D eigenvalue weighted by Gasteiger charge is 2.24. The molecule has 0 aromatic heterocycles. The average molecular weight is 392 g/mol. The van der Waals surface area contributed by atoms with Crippen LogP contribution < -0.4 is 5.32 Å². The Hall–Kier alpha value is -2.66. The Morgan fingerprint density at radius 2 is 1.93 bits per heavy atom. The van der Waals surface area contributed by atoms with E-state index in [1.807, 2.05) is 24.3 Å². The molecule has 5 heteroatoms. The number of aryl methyl sites for hydroxylation is 1. The first kappa shape index (κ1) is 19.6. The third-order valence-corrected chi connectivity index (χ3v) is 6.26. The first-order valence-corrected chi connectivity index (χ1v) is 10.5. The van der Waals surface area contributed by atoms with Gasteiger partial charge >= 0.3 is 5.97 Å². The number of likely N-dealkylation sites (tertiary alicyclic amines) is 1. The van der Waals surface area contributed by atoms with Crippen LogP contribution in [0.25, 0.3) is 0 Å². The Morgan fingerprint density at radius 3 is 2.72 bits per heavy atom. The molecule has 5 nitrogen and oxygen atoms in total. The van der Waals surface area contributed by atoms with E-state index in [0.717, 1.165) is 49.9 Å². The summed E-state index contributed by atoms with van der Waals surface area (Å²) < 4.78 is 0. The van der Waals surface area contributed by atoms with Crippen molar-refractivity contribution in [3.8, 4) is 0 Å². The molecule has 4 rings (SSSR count). The fraction of sp³-hybridized carbons (Fsp3) is 0.417. The number of benzene rings is 2. The second-order valence-electron chi connectivity index (χ2n) is 8.36. The Morgan fingerprint density at radius 1 is 1.07 bits per heavy atom. The predicted molar refractivity (Wildman–Crippen MR) is 112 cm³/mol. The maximum absolute atomic E-state index is 13.0. The van der Waals surface area contributed by atoms with Crippen LogP contribution in [-0.2, 0) is 6.42 Å². The highest BCUT2D eigenvalue weighted by atomic mass is 16.4. The maximum Gasteiger partial charge on any atom is 0.335 e. The molecule has 1 fully saturated rings. The zero-order valence-electron chi connectivity index (χ0n) is 16.9. The van der Waals surface area contributed by atoms with Crippen LogP contribution in [0.2, 0.25) is 0 Å². The molecule has 0 radical (unpaired) electrons. The molecule has 0 saturated carbocycles. The number of carbonyl (C=O) groups is 2. The molecule has 1 amide bonds. The van der Waals surface area contributed by atoms with Crippen LogP contribution in [0, 0.1) is 0 Å². The van der Waals surface area contributed by atoms with Crippen molar-refractivity contribution in [3.63, 3.8) is 0 Å². The van der Waals surface area contributed by atoms with Gasteiger partial charge in [0.2, 0.25) is 0 Å². The number of aromatic carboxylic acids is 1. The lowest BCUT2D eigenvalue weighted by Gasteiger charge is -2.30. The van der Waals surface area contributed by atoms with Crippen molar-refractivity contribution in [1.29, 1.82) is 0 Å². The van der Waals surface area contributed by atoms with Gasteiger partial charge < -0.3 is 15.3 Å². The molecule has 2 atom stereocenters. The monoisotopic (exact) mass is 392 g/mol. The summed E-state index contributed by atoms with van der Waals surface area (Å²) in [6, 6.07) is 13.1. The number of likely N-dealkylation sites (N-methyl/N-ethyl adjacent to an activating group) is 1. The summed E-state index contributed by atoms with van der Waals surface area (Å²) in [7, 11) is 2.15. The second-order valence-corrected chi connectivity index (χ2v) is 8.36. The van der Waals surface area contributed by atoms with Crippen LogP contribution in [0.3, 0.4) is 0 Å². The zero-order chi connectivity index (χ0) is 20.4. The van der Waals surface area contributed by atoms with Gasteiger partial charge in [-0.2, -0.15) is 0 Å². The van der Waals surface area contributed by atoms with Crippen molar-refractivity contribution < 1.29 is 14.7 Å². The smallest absolute Gasteiger partial charge is 0.335 e. The number of fused-ring (bicyclic) bond motifs is 1. The summed E-state index contributed by atoms with van der Waals surface area (Å²) in [5.74, 6) is -0.557. The van der Waals surface area contributed by atoms with Gasteiger partial charge in [-0.05, 0) is 92.6 Å². The van der Waals surface area contributed by atoms with Crippen LogP contribution in [-0.4, -0.2) is 42.0 Å². The molecule has 0 spiro atoms. The Bertz CT molecular complexity index is 924. The Labute approximate surface area is 171 Å². The number of carboxylic acids is 1. The summed E-state index contributed by atoms with van der Waals surface area (Å²) >= 11 is 0. The van der Waals surface area contributed by atoms with E-state index in [0.29, 0.717) is 11.5 Å². The number of rotatable bonds is 4. The first-order valence-electron chi connectivity index (χ1n) is 10.5. The predicted octanol–water partition coefficient (Wildman–Crippen LogP) is 4.00. The number of amides is 1. The minimum absolute atomic E-state index is 0.0883. The normalized spacial score (nSPS) is 22.0. The molecule has 2 aromatic carbocycles. The van der Waals surface area contributed by atoms with E-state index < -0.39 is 5.97 Å². The van der Waals surface area contributed by atoms with Gasteiger partial charge in [-0.1, -0.05) is 18.2 Å². The Balaban J connectivity index is 1.53. The average Bonchev–Trinajstić information content (AvgIpc) is 2.73. The Kier molecular flexibility index (Phi) is 5.67. The number of nitrogens with one attached hydrogen (secondary N) is 1. The molecular weight excluding hydrogens is 364 g/mol. The van der Waals surface area contributed by atoms with Gasteiger partial charge in [-0.15, -0.1) is 0 Å². The summed E-state index contributed by atoms with van der Waals surface area (Å²) in [4.78, 5) is 26.7. The topological polar surface area (TPSA) is 69.6 Å². The van der Waals surface area contributed by atoms with Crippen LogP contribution >= 0.6 is 0 Å². The van der Waals surface area contributed by atoms with Gasteiger partial charge in [-0.3, -0.25) is 4.79 Å². The standard InChI is InChI=1S/C24H28N2O3/c1-26-12-4-8-20(15-26)17-6-2-7-18(13-17)23(27)25-22-9-3-5-16-10-11-19(24(28)29)14-21(16)22/h2,6-7,10-11,13-14,20,22H,3-5,8-9,12,15H2,1H3,(H,25,27)(H,28,29). The van der Waals surface area contributed by atoms with Crippen molar-refractivity contribution in [2.75, 3.05) is 20.1 Å². The van der Waals surface area contributed by atoms with Crippen LogP contribution in [0.4, 0.5) is 0 Å². The molecule has 1 aliphatic carbocycles. The summed E-state index contributed by atoms with van der Waals surface area (Å²) in [6.45, 7) is 2.16. The number of carbonyl (C=O) groups excluding carboxylic acids is 1. The van der Waals surface area contributed by atoms with E-state index in [9.17, 15) is 14.7 Å². The van der Waals surface area contributed by atoms with Crippen LogP contribution in [0.5, 0.6) is 0 Å². The largest absolute Gasteiger partial charge is 0.478 e. The van der Waals surface area contributed by atoms with Crippen molar-refractivity contribution in [2.24, 2.45) is 0 Å². The molecule has 2 aliphatic rings. The van der Waals surface area contributed by atoms with E-state index in [4.69, 9.17) is 0 Å². The van der Waals surface area contributed by atoms with E-state index in [1.54, 1.807) is 12.1 Å². The van der Waals surface area contributed by atoms with Gasteiger partial charge in [-0.25, -0.2) is 4.79 Å². The lowest BCUT2D eigenvalue weighted by Crippen LogP contribution is -2.32. The third-order valence-electron chi connectivity index (χ3n) is 6.26. The molecule has 2 aromatic rings. The second kappa shape index (κ2) is 8.37. The molecule has 2 N–H and O–H groups in total. The molecule has 29 heavy (non-hydrogen) atoms. The lowest BCUT2D eigenvalue weighted by atomic mass is 9.86. The van der Waals surface area contributed by atoms with Gasteiger partial charge in [0.25, 0.3) is 5.91 Å². The maximum atomic E-state index is 13.0. The van der Waals surface area contributed by atoms with Crippen LogP contribution in [0.1, 0.15) is 75.0 Å². The van der Waals surface area contributed by atoms with Crippen molar-refractivity contribution >= 4 is 11.9 Å². The van der Waals surface area contributed by atoms with Gasteiger partial charge in [0.1, 0.15) is 0 Å². The first-order chi connectivity index (χ1) is 14.0. The molecule has 0 bridgehead atoms. The minimum atomic E-state index is -0.936. The third kappa shape index (κ3) is 4.35. The molecule has 2 unspecified atom stereocenters. The number of piperidine rings is 1. The molecule has 1 aliphatic heterocycles. The number of nitrogens with zero attached hydrogens (tertiary/aromatic N) is 1. The van der Waals surface area contributed by atoms with Gasteiger partial charge in [0, 0.05) is 12.1 Å². The summed E-state index contributed by atoms with van der Waals surface area (Å²) in [6.07, 6.45) is 5.08. The highest BCUT2D eigenvalue weighted by molar-refractivity contribution is 5.95. The quantitative estimate of drug-likeness (QED) is 0.825. The van der Waals surface area contributed by atoms with Crippen molar-refractivity contribution in [2.45, 2.75) is 44.1 Å². The molecular formula is C24H28N2O3. The number of hydrogen-bond acceptors (Lipinski definition) is 3. The minimum Gasteiger partial charge on any atom is -0.478 e. The van der Waals surface area contributed by atoms with Crippen LogP contribution in [0.15, 0.2) is 42.5 Å². The molecule has 152 valence electrons. The SMILES string of the molecule is CN1CCCC(c2cccc(C(=O)NC3CCCc4ccc(C(=O)O)cc43)c2)C1. The van der Waals surface area contributed by atoms with E-state index in [2.05, 4.69) is 23.3 Å². The molecule has 1 saturated heterocycles. The molecule has 1 heterocycles. The van der Waals surface area contributed by atoms with E-state index in [-0.39, 0.29) is 17.5 Å². The van der Waals surface area contributed by atoms with Gasteiger partial charge in [0.15, 0.2) is 0 Å². The van der Waals surface area contributed by atoms with Crippen molar-refractivity contribution in [3.05, 3.63) is 70.3 Å². The highest BCUT2D eigenvalue weighted by Crippen LogP contribution is 2.31. The number of hydrogen-bond donors (Lipinski definition) is 2. The number of carboxylic acid groups (broad SMARTS) is 1. The van der Waals surface area contributed by atoms with Gasteiger partial charge in [0.05, 0.1) is 11.6 Å². The van der Waals surface area contributed by atoms with E-state index in [1.165, 1.54) is 12.0 Å².